The molecule has 0 bridgehead atoms. The van der Waals surface area contributed by atoms with Crippen molar-refractivity contribution < 1.29 is 46.1 Å². The van der Waals surface area contributed by atoms with Gasteiger partial charge in [-0.2, -0.15) is 26.5 Å². The molecule has 0 amide bonds. The zero-order valence-electron chi connectivity index (χ0n) is 40.4. The fourth-order valence-electron chi connectivity index (χ4n) is 6.26. The molecular formula is C47H52F2LiN15O4. The normalized spacial score (nSPS) is 11.1. The number of hydrogen-bond acceptors (Lipinski definition) is 17. The number of nitrogens with one attached hydrogen (secondary N) is 2. The summed E-state index contributed by atoms with van der Waals surface area (Å²) in [7, 11) is 3.60. The summed E-state index contributed by atoms with van der Waals surface area (Å²) in [6.45, 7) is 15.6. The van der Waals surface area contributed by atoms with Gasteiger partial charge in [0.25, 0.3) is 5.89 Å². The van der Waals surface area contributed by atoms with Crippen molar-refractivity contribution in [2.75, 3.05) is 10.6 Å². The van der Waals surface area contributed by atoms with Gasteiger partial charge in [0.05, 0.1) is 53.2 Å². The maximum absolute atomic E-state index is 15.2. The topological polar surface area (TPSA) is 249 Å². The van der Waals surface area contributed by atoms with Gasteiger partial charge >= 0.3 is 18.9 Å². The molecule has 22 heteroatoms. The molecule has 8 aromatic rings. The van der Waals surface area contributed by atoms with Crippen LogP contribution in [0.3, 0.4) is 0 Å². The molecule has 0 saturated heterocycles. The van der Waals surface area contributed by atoms with Crippen molar-refractivity contribution in [3.63, 3.8) is 0 Å². The number of hydrogen-bond donors (Lipinski definition) is 3. The Morgan fingerprint density at radius 3 is 1.59 bits per heavy atom. The third kappa shape index (κ3) is 13.6. The van der Waals surface area contributed by atoms with Crippen molar-refractivity contribution in [2.24, 2.45) is 19.8 Å². The average molecular weight is 936 g/mol. The van der Waals surface area contributed by atoms with Crippen LogP contribution in [0.15, 0.2) is 82.9 Å². The Morgan fingerprint density at radius 1 is 0.696 bits per heavy atom. The maximum atomic E-state index is 15.2. The Hall–Kier alpha value is -7.34. The van der Waals surface area contributed by atoms with Crippen LogP contribution in [0.25, 0.3) is 22.8 Å². The van der Waals surface area contributed by atoms with E-state index < -0.39 is 5.82 Å². The van der Waals surface area contributed by atoms with E-state index in [1.807, 2.05) is 41.5 Å². The van der Waals surface area contributed by atoms with Gasteiger partial charge in [-0.05, 0) is 54.7 Å². The van der Waals surface area contributed by atoms with Crippen molar-refractivity contribution >= 4 is 35.3 Å². The second-order valence-electron chi connectivity index (χ2n) is 17.5. The second-order valence-corrected chi connectivity index (χ2v) is 17.5. The molecule has 6 aromatic heterocycles. The molecule has 8 rings (SSSR count). The number of oxazole rings is 2. The molecule has 4 N–H and O–H groups in total. The van der Waals surface area contributed by atoms with Gasteiger partial charge in [0.2, 0.25) is 17.7 Å². The number of rotatable bonds is 12. The van der Waals surface area contributed by atoms with Gasteiger partial charge in [0, 0.05) is 50.3 Å². The van der Waals surface area contributed by atoms with E-state index in [-0.39, 0.29) is 89.2 Å². The molecule has 0 spiro atoms. The van der Waals surface area contributed by atoms with Crippen LogP contribution in [0.1, 0.15) is 98.3 Å². The van der Waals surface area contributed by atoms with Crippen molar-refractivity contribution in [1.29, 1.82) is 0 Å². The first-order valence-electron chi connectivity index (χ1n) is 21.2. The summed E-state index contributed by atoms with van der Waals surface area (Å²) in [4.78, 5) is 55.3. The Morgan fingerprint density at radius 2 is 1.17 bits per heavy atom. The summed E-state index contributed by atoms with van der Waals surface area (Å²) < 4.78 is 43.7. The average Bonchev–Trinajstić information content (AvgIpc) is 4.14. The van der Waals surface area contributed by atoms with Crippen molar-refractivity contribution in [3.05, 3.63) is 131 Å². The van der Waals surface area contributed by atoms with E-state index in [2.05, 4.69) is 60.7 Å². The summed E-state index contributed by atoms with van der Waals surface area (Å²) in [6, 6.07) is 6.82. The molecule has 19 nitrogen and oxygen atoms in total. The third-order valence-corrected chi connectivity index (χ3v) is 10.2. The molecule has 0 unspecified atom stereocenters. The number of nitrogens with two attached hydrogens (primary N) is 1. The van der Waals surface area contributed by atoms with Crippen LogP contribution in [0.5, 0.6) is 0 Å². The van der Waals surface area contributed by atoms with Gasteiger partial charge in [-0.1, -0.05) is 53.7 Å². The molecule has 69 heavy (non-hydrogen) atoms. The molecule has 6 heterocycles. The molecule has 0 aliphatic rings. The van der Waals surface area contributed by atoms with Crippen LogP contribution in [0.2, 0.25) is 0 Å². The SMILES string of the molecule is CC(C)(C)c1cnc([C-]=O)o1.Cc1c(CCC(=O)c2ncc(C(C)(C)C)o2)ccc(-c2ncnc(Nc3cnn(C)c3)n2)c1F.Cc1c(CN)ccc(-c2ncnc(Nc3cnn(C)c3)n2)c1F.[Li+]. The fourth-order valence-corrected chi connectivity index (χ4v) is 6.26. The molecule has 2 aromatic carbocycles. The Labute approximate surface area is 409 Å². The molecule has 0 fully saturated rings. The summed E-state index contributed by atoms with van der Waals surface area (Å²) >= 11 is 0. The fraction of sp³-hybridized carbons (Fsp3) is 0.319. The molecule has 0 radical (unpaired) electrons. The zero-order chi connectivity index (χ0) is 49.3. The van der Waals surface area contributed by atoms with Crippen LogP contribution < -0.4 is 35.2 Å². The minimum Gasteiger partial charge on any atom is -0.532 e. The first kappa shape index (κ1) is 52.6. The summed E-state index contributed by atoms with van der Waals surface area (Å²) in [5.41, 5.74) is 9.71. The monoisotopic (exact) mass is 935 g/mol. The van der Waals surface area contributed by atoms with Crippen molar-refractivity contribution in [1.82, 2.24) is 59.4 Å². The number of carbonyl (C=O) groups excluding carboxylic acids is 2. The van der Waals surface area contributed by atoms with Gasteiger partial charge in [-0.3, -0.25) is 19.1 Å². The number of nitrogens with zero attached hydrogens (tertiary/aromatic N) is 12. The quantitative estimate of drug-likeness (QED) is 0.0835. The standard InChI is InChI=1S/C24H26FN7O2.C15H16FN7.C8H10NO2.Li/c1-14-15(7-9-18(33)22-26-11-19(34-22)24(2,3)4)6-8-17(20(14)25)21-27-13-28-23(31-21)30-16-10-29-32(5)12-16;1-9-10(5-17)3-4-12(13(9)16)14-18-8-19-15(22-14)21-11-6-20-23(2)7-11;1-8(2,3)6-4-9-7(5-10)11-6;/h6,8,10-13H,7,9H2,1-5H3,(H,27,28,30,31);3-4,6-8H,5,17H2,1-2H3,(H,18,19,21,22);4H,1-3H3;/q;;-1;+1. The second kappa shape index (κ2) is 22.6. The van der Waals surface area contributed by atoms with Crippen molar-refractivity contribution in [2.45, 2.75) is 85.6 Å². The number of aryl methyl sites for hydroxylation is 3. The number of halogens is 2. The number of aromatic nitrogens is 12. The van der Waals surface area contributed by atoms with E-state index >= 15 is 4.39 Å². The Bertz CT molecular complexity index is 3020. The van der Waals surface area contributed by atoms with Crippen molar-refractivity contribution in [3.8, 4) is 22.8 Å². The van der Waals surface area contributed by atoms with E-state index in [9.17, 15) is 14.0 Å². The number of carbonyl (C=O) groups is 1. The van der Waals surface area contributed by atoms with Crippen LogP contribution in [0, 0.1) is 25.5 Å². The predicted octanol–water partition coefficient (Wildman–Crippen LogP) is 4.92. The first-order valence-corrected chi connectivity index (χ1v) is 21.2. The van der Waals surface area contributed by atoms with E-state index in [4.69, 9.17) is 14.6 Å². The molecule has 0 atom stereocenters. The number of benzene rings is 2. The number of ketones is 1. The van der Waals surface area contributed by atoms with Gasteiger partial charge in [-0.15, -0.1) is 0 Å². The van der Waals surface area contributed by atoms with Crippen LogP contribution in [-0.2, 0) is 42.7 Å². The van der Waals surface area contributed by atoms with E-state index in [0.29, 0.717) is 46.3 Å². The van der Waals surface area contributed by atoms with Gasteiger partial charge in [0.1, 0.15) is 35.8 Å². The molecule has 0 aliphatic carbocycles. The first-order chi connectivity index (χ1) is 32.2. The van der Waals surface area contributed by atoms with E-state index in [1.54, 1.807) is 105 Å². The van der Waals surface area contributed by atoms with Gasteiger partial charge < -0.3 is 30.0 Å². The van der Waals surface area contributed by atoms with Crippen LogP contribution in [-0.4, -0.2) is 71.5 Å². The number of anilines is 4. The van der Waals surface area contributed by atoms with Gasteiger partial charge in [0.15, 0.2) is 11.6 Å². The molecule has 0 saturated carbocycles. The van der Waals surface area contributed by atoms with Crippen LogP contribution in [0.4, 0.5) is 32.1 Å². The summed E-state index contributed by atoms with van der Waals surface area (Å²) in [5.74, 6) is 1.51. The summed E-state index contributed by atoms with van der Waals surface area (Å²) in [6.07, 6.45) is 14.7. The van der Waals surface area contributed by atoms with Gasteiger partial charge in [-0.25, -0.2) is 33.7 Å². The minimum absolute atomic E-state index is 0. The number of Topliss-reactive ketones (excluding diaryl/α,β-unsaturated/α-hetero) is 1. The minimum atomic E-state index is -0.436. The van der Waals surface area contributed by atoms with E-state index in [0.717, 1.165) is 16.8 Å². The molecule has 0 aliphatic heterocycles. The van der Waals surface area contributed by atoms with E-state index in [1.165, 1.54) is 12.7 Å². The zero-order valence-corrected chi connectivity index (χ0v) is 40.4. The molecular weight excluding hydrogens is 884 g/mol. The Balaban J connectivity index is 0.000000218. The summed E-state index contributed by atoms with van der Waals surface area (Å²) in [5, 5.41) is 14.2. The Kier molecular flexibility index (Phi) is 17.3. The smallest absolute Gasteiger partial charge is 0.532 e. The van der Waals surface area contributed by atoms with Crippen LogP contribution >= 0.6 is 0 Å². The maximum Gasteiger partial charge on any atom is 1.00 e. The third-order valence-electron chi connectivity index (χ3n) is 10.2. The predicted molar refractivity (Wildman–Crippen MR) is 249 cm³/mol. The largest absolute Gasteiger partial charge is 1.00 e. The molecule has 354 valence electrons.